The number of hydrogen-bond donors (Lipinski definition) is 2. The summed E-state index contributed by atoms with van der Waals surface area (Å²) in [4.78, 5) is 29.4. The molecule has 8 nitrogen and oxygen atoms in total. The third-order valence-electron chi connectivity index (χ3n) is 4.70. The number of aryl methyl sites for hydroxylation is 1. The van der Waals surface area contributed by atoms with Crippen LogP contribution in [0.1, 0.15) is 52.8 Å². The smallest absolute Gasteiger partial charge is 0.293 e. The Bertz CT molecular complexity index is 990. The molecule has 1 aliphatic rings. The van der Waals surface area contributed by atoms with E-state index in [0.29, 0.717) is 11.5 Å². The Hall–Kier alpha value is -3.16. The van der Waals surface area contributed by atoms with Crippen molar-refractivity contribution in [3.05, 3.63) is 41.6 Å². The molecule has 2 heterocycles. The van der Waals surface area contributed by atoms with Crippen molar-refractivity contribution in [2.45, 2.75) is 59.4 Å². The maximum atomic E-state index is 13.0. The van der Waals surface area contributed by atoms with Gasteiger partial charge >= 0.3 is 0 Å². The van der Waals surface area contributed by atoms with Crippen molar-refractivity contribution in [3.63, 3.8) is 0 Å². The molecule has 1 aromatic carbocycles. The lowest BCUT2D eigenvalue weighted by Gasteiger charge is -2.28. The van der Waals surface area contributed by atoms with Gasteiger partial charge in [0, 0.05) is 11.5 Å². The summed E-state index contributed by atoms with van der Waals surface area (Å²) in [6.45, 7) is 14.2. The summed E-state index contributed by atoms with van der Waals surface area (Å²) in [6.07, 6.45) is 0. The Morgan fingerprint density at radius 1 is 1.10 bits per heavy atom. The van der Waals surface area contributed by atoms with E-state index in [9.17, 15) is 9.59 Å². The molecule has 0 saturated carbocycles. The van der Waals surface area contributed by atoms with E-state index in [2.05, 4.69) is 36.5 Å². The highest BCUT2D eigenvalue weighted by Crippen LogP contribution is 2.28. The van der Waals surface area contributed by atoms with Gasteiger partial charge in [0.2, 0.25) is 5.84 Å². The predicted octanol–water partition coefficient (Wildman–Crippen LogP) is 3.13. The highest BCUT2D eigenvalue weighted by Gasteiger charge is 2.29. The van der Waals surface area contributed by atoms with Gasteiger partial charge in [0.05, 0.1) is 16.9 Å². The maximum Gasteiger partial charge on any atom is 0.293 e. The van der Waals surface area contributed by atoms with E-state index in [1.54, 1.807) is 4.68 Å². The van der Waals surface area contributed by atoms with E-state index in [4.69, 9.17) is 5.10 Å². The van der Waals surface area contributed by atoms with Crippen LogP contribution < -0.4 is 15.8 Å². The van der Waals surface area contributed by atoms with Crippen LogP contribution in [0.2, 0.25) is 0 Å². The summed E-state index contributed by atoms with van der Waals surface area (Å²) >= 11 is 0. The van der Waals surface area contributed by atoms with Gasteiger partial charge in [-0.25, -0.2) is 9.69 Å². The number of hydrazine groups is 1. The number of carbonyl (C=O) groups is 2. The molecule has 0 radical (unpaired) electrons. The van der Waals surface area contributed by atoms with E-state index in [-0.39, 0.29) is 29.2 Å². The fraction of sp³-hybridized carbons (Fsp3) is 0.455. The first-order valence-corrected chi connectivity index (χ1v) is 9.99. The molecular weight excluding hydrogens is 380 g/mol. The number of hydrogen-bond acceptors (Lipinski definition) is 5. The Morgan fingerprint density at radius 2 is 1.73 bits per heavy atom. The molecule has 30 heavy (non-hydrogen) atoms. The van der Waals surface area contributed by atoms with Crippen LogP contribution in [-0.2, 0) is 20.5 Å². The van der Waals surface area contributed by atoms with Crippen molar-refractivity contribution in [1.82, 2.24) is 15.2 Å². The number of anilines is 2. The Balaban J connectivity index is 1.85. The first-order valence-electron chi connectivity index (χ1n) is 9.99. The lowest BCUT2D eigenvalue weighted by atomic mass is 9.92. The number of aliphatic imine (C=N–C) groups is 1. The second-order valence-corrected chi connectivity index (χ2v) is 9.54. The summed E-state index contributed by atoms with van der Waals surface area (Å²) in [5, 5.41) is 8.97. The second-order valence-electron chi connectivity index (χ2n) is 9.54. The molecule has 0 bridgehead atoms. The van der Waals surface area contributed by atoms with Crippen LogP contribution in [0, 0.1) is 6.92 Å². The third-order valence-corrected chi connectivity index (χ3v) is 4.70. The molecule has 0 fully saturated rings. The number of nitrogens with one attached hydrogen (secondary N) is 2. The number of rotatable bonds is 3. The fourth-order valence-corrected chi connectivity index (χ4v) is 2.97. The topological polar surface area (TPSA) is 91.6 Å². The van der Waals surface area contributed by atoms with Crippen LogP contribution in [0.15, 0.2) is 35.3 Å². The van der Waals surface area contributed by atoms with Crippen molar-refractivity contribution in [3.8, 4) is 0 Å². The zero-order valence-electron chi connectivity index (χ0n) is 18.7. The molecule has 8 heteroatoms. The highest BCUT2D eigenvalue weighted by atomic mass is 16.2. The van der Waals surface area contributed by atoms with Crippen molar-refractivity contribution >= 4 is 29.2 Å². The molecule has 0 unspecified atom stereocenters. The maximum absolute atomic E-state index is 13.0. The Morgan fingerprint density at radius 3 is 2.30 bits per heavy atom. The van der Waals surface area contributed by atoms with Crippen molar-refractivity contribution < 1.29 is 9.59 Å². The summed E-state index contributed by atoms with van der Waals surface area (Å²) in [5.41, 5.74) is 4.98. The molecule has 0 atom stereocenters. The average Bonchev–Trinajstić information content (AvgIpc) is 3.07. The van der Waals surface area contributed by atoms with Gasteiger partial charge in [-0.05, 0) is 39.8 Å². The van der Waals surface area contributed by atoms with E-state index in [0.717, 1.165) is 11.3 Å². The van der Waals surface area contributed by atoms with E-state index in [1.807, 2.05) is 58.0 Å². The minimum Gasteiger partial charge on any atom is -0.304 e. The minimum atomic E-state index is -0.425. The number of aromatic nitrogens is 2. The number of benzene rings is 1. The van der Waals surface area contributed by atoms with Gasteiger partial charge in [-0.1, -0.05) is 38.5 Å². The molecule has 1 aromatic heterocycles. The van der Waals surface area contributed by atoms with Crippen molar-refractivity contribution in [2.75, 3.05) is 16.9 Å². The summed E-state index contributed by atoms with van der Waals surface area (Å²) < 4.78 is 1.80. The van der Waals surface area contributed by atoms with Gasteiger partial charge in [0.15, 0.2) is 0 Å². The van der Waals surface area contributed by atoms with Crippen molar-refractivity contribution in [2.24, 2.45) is 4.99 Å². The summed E-state index contributed by atoms with van der Waals surface area (Å²) in [6, 6.07) is 9.35. The molecule has 3 rings (SSSR count). The van der Waals surface area contributed by atoms with Crippen LogP contribution in [0.4, 0.5) is 11.5 Å². The van der Waals surface area contributed by atoms with Crippen LogP contribution in [-0.4, -0.2) is 34.0 Å². The number of carbonyl (C=O) groups excluding carboxylic acids is 2. The molecule has 0 aliphatic carbocycles. The average molecular weight is 411 g/mol. The molecule has 1 aliphatic heterocycles. The zero-order valence-corrected chi connectivity index (χ0v) is 18.7. The largest absolute Gasteiger partial charge is 0.304 e. The lowest BCUT2D eigenvalue weighted by Crippen LogP contribution is -2.54. The third kappa shape index (κ3) is 4.53. The first kappa shape index (κ1) is 21.5. The van der Waals surface area contributed by atoms with E-state index < -0.39 is 5.91 Å². The van der Waals surface area contributed by atoms with Gasteiger partial charge in [-0.15, -0.1) is 0 Å². The van der Waals surface area contributed by atoms with Crippen LogP contribution in [0.5, 0.6) is 0 Å². The SMILES string of the molecule is Cc1ccc(N2NC(C(=O)Nc3cc(C(C)(C)C)nn3C(C)(C)C)=NCC2=O)cc1. The van der Waals surface area contributed by atoms with Gasteiger partial charge in [-0.3, -0.25) is 20.0 Å². The van der Waals surface area contributed by atoms with Crippen LogP contribution in [0.3, 0.4) is 0 Å². The Kier molecular flexibility index (Phi) is 5.45. The van der Waals surface area contributed by atoms with Gasteiger partial charge in [0.1, 0.15) is 12.4 Å². The molecule has 2 aromatic rings. The molecule has 0 spiro atoms. The quantitative estimate of drug-likeness (QED) is 0.813. The zero-order chi connectivity index (χ0) is 22.3. The molecule has 160 valence electrons. The number of amidine groups is 1. The fourth-order valence-electron chi connectivity index (χ4n) is 2.97. The molecule has 0 saturated heterocycles. The lowest BCUT2D eigenvalue weighted by molar-refractivity contribution is -0.118. The summed E-state index contributed by atoms with van der Waals surface area (Å²) in [5.74, 6) is 0.00507. The van der Waals surface area contributed by atoms with Gasteiger partial charge in [-0.2, -0.15) is 5.10 Å². The van der Waals surface area contributed by atoms with E-state index >= 15 is 0 Å². The first-order chi connectivity index (χ1) is 13.9. The van der Waals surface area contributed by atoms with Crippen molar-refractivity contribution in [1.29, 1.82) is 0 Å². The standard InChI is InChI=1S/C22H30N6O2/c1-14-8-10-15(11-9-14)27-18(29)13-23-19(26-27)20(30)24-17-12-16(21(2,3)4)25-28(17)22(5,6)7/h8-12H,13H2,1-7H3,(H,23,26)(H,24,30). The monoisotopic (exact) mass is 410 g/mol. The number of amides is 2. The minimum absolute atomic E-state index is 0.0779. The highest BCUT2D eigenvalue weighted by molar-refractivity contribution is 6.43. The van der Waals surface area contributed by atoms with E-state index in [1.165, 1.54) is 5.01 Å². The summed E-state index contributed by atoms with van der Waals surface area (Å²) in [7, 11) is 0. The van der Waals surface area contributed by atoms with Gasteiger partial charge < -0.3 is 5.32 Å². The molecule has 2 amide bonds. The Labute approximate surface area is 177 Å². The molecular formula is C22H30N6O2. The van der Waals surface area contributed by atoms with Gasteiger partial charge in [0.25, 0.3) is 11.8 Å². The molecule has 2 N–H and O–H groups in total. The second kappa shape index (κ2) is 7.59. The predicted molar refractivity (Wildman–Crippen MR) is 119 cm³/mol. The van der Waals surface area contributed by atoms with Crippen LogP contribution >= 0.6 is 0 Å². The normalized spacial score (nSPS) is 15.0. The van der Waals surface area contributed by atoms with Crippen LogP contribution in [0.25, 0.3) is 0 Å². The number of nitrogens with zero attached hydrogens (tertiary/aromatic N) is 4.